The highest BCUT2D eigenvalue weighted by Gasteiger charge is 2.32. The van der Waals surface area contributed by atoms with Gasteiger partial charge in [-0.15, -0.1) is 0 Å². The van der Waals surface area contributed by atoms with Gasteiger partial charge in [-0.3, -0.25) is 9.59 Å². The summed E-state index contributed by atoms with van der Waals surface area (Å²) in [6.07, 6.45) is -3.76. The second-order valence-electron chi connectivity index (χ2n) is 7.84. The average Bonchev–Trinajstić information content (AvgIpc) is 2.84. The summed E-state index contributed by atoms with van der Waals surface area (Å²) in [5, 5.41) is 6.12. The molecule has 0 bridgehead atoms. The third kappa shape index (κ3) is 7.72. The highest BCUT2D eigenvalue weighted by Crippen LogP contribution is 2.31. The van der Waals surface area contributed by atoms with Crippen LogP contribution in [0.5, 0.6) is 0 Å². The predicted octanol–water partition coefficient (Wildman–Crippen LogP) is 4.01. The van der Waals surface area contributed by atoms with E-state index in [9.17, 15) is 31.2 Å². The molecule has 0 aliphatic heterocycles. The number of nitrogens with zero attached hydrogens (tertiary/aromatic N) is 2. The van der Waals surface area contributed by atoms with E-state index in [0.717, 1.165) is 16.6 Å². The topological polar surface area (TPSA) is 108 Å². The van der Waals surface area contributed by atoms with Crippen LogP contribution in [0.4, 0.5) is 18.9 Å². The van der Waals surface area contributed by atoms with E-state index in [1.54, 1.807) is 30.3 Å². The van der Waals surface area contributed by atoms with Gasteiger partial charge in [0.15, 0.2) is 0 Å². The molecule has 2 amide bonds. The molecule has 12 heteroatoms. The number of sulfonamides is 1. The largest absolute Gasteiger partial charge is 0.417 e. The molecule has 0 aromatic heterocycles. The van der Waals surface area contributed by atoms with Crippen molar-refractivity contribution in [2.45, 2.75) is 24.5 Å². The first-order chi connectivity index (χ1) is 17.5. The van der Waals surface area contributed by atoms with E-state index in [2.05, 4.69) is 15.8 Å². The Bertz CT molecular complexity index is 1380. The maximum atomic E-state index is 13.4. The molecule has 3 aromatic carbocycles. The summed E-state index contributed by atoms with van der Waals surface area (Å²) in [6, 6.07) is 18.7. The van der Waals surface area contributed by atoms with Gasteiger partial charge in [0.25, 0.3) is 5.91 Å². The minimum atomic E-state index is -4.61. The second kappa shape index (κ2) is 11.8. The van der Waals surface area contributed by atoms with E-state index in [-0.39, 0.29) is 22.9 Å². The minimum absolute atomic E-state index is 0.118. The van der Waals surface area contributed by atoms with Gasteiger partial charge in [-0.25, -0.2) is 13.8 Å². The summed E-state index contributed by atoms with van der Waals surface area (Å²) in [5.41, 5.74) is 1.91. The summed E-state index contributed by atoms with van der Waals surface area (Å²) in [5.74, 6) is -1.17. The first-order valence-electron chi connectivity index (χ1n) is 10.9. The van der Waals surface area contributed by atoms with Crippen LogP contribution in [0, 0.1) is 0 Å². The van der Waals surface area contributed by atoms with Gasteiger partial charge < -0.3 is 5.32 Å². The molecule has 8 nitrogen and oxygen atoms in total. The molecule has 0 radical (unpaired) electrons. The van der Waals surface area contributed by atoms with Gasteiger partial charge in [-0.05, 0) is 35.9 Å². The van der Waals surface area contributed by atoms with Gasteiger partial charge in [-0.1, -0.05) is 48.5 Å². The molecular weight excluding hydrogens is 509 g/mol. The fraction of sp³-hybridized carbons (Fsp3) is 0.160. The molecule has 3 aromatic rings. The smallest absolute Gasteiger partial charge is 0.326 e. The van der Waals surface area contributed by atoms with E-state index in [1.165, 1.54) is 49.4 Å². The van der Waals surface area contributed by atoms with E-state index < -0.39 is 34.2 Å². The molecule has 194 valence electrons. The lowest BCUT2D eigenvalue weighted by Crippen LogP contribution is -2.39. The summed E-state index contributed by atoms with van der Waals surface area (Å²) in [6.45, 7) is 0.517. The van der Waals surface area contributed by atoms with Crippen molar-refractivity contribution in [3.05, 3.63) is 95.6 Å². The molecule has 37 heavy (non-hydrogen) atoms. The average molecular weight is 533 g/mol. The Hall–Kier alpha value is -4.03. The molecule has 0 aliphatic rings. The number of hydrazone groups is 1. The number of carbonyl (C=O) groups excluding carboxylic acids is 2. The molecular formula is C25H23F3N4O4S. The van der Waals surface area contributed by atoms with Crippen molar-refractivity contribution in [2.75, 3.05) is 11.9 Å². The lowest BCUT2D eigenvalue weighted by Gasteiger charge is -2.21. The molecule has 3 rings (SSSR count). The van der Waals surface area contributed by atoms with Gasteiger partial charge in [-0.2, -0.15) is 22.6 Å². The number of hydrogen-bond acceptors (Lipinski definition) is 5. The number of nitrogens with one attached hydrogen (secondary N) is 2. The highest BCUT2D eigenvalue weighted by atomic mass is 32.2. The zero-order valence-electron chi connectivity index (χ0n) is 19.6. The molecule has 0 saturated heterocycles. The minimum Gasteiger partial charge on any atom is -0.326 e. The van der Waals surface area contributed by atoms with Crippen molar-refractivity contribution in [1.29, 1.82) is 0 Å². The third-order valence-electron chi connectivity index (χ3n) is 4.99. The van der Waals surface area contributed by atoms with Crippen LogP contribution in [0.15, 0.2) is 88.9 Å². The molecule has 0 spiro atoms. The molecule has 0 heterocycles. The van der Waals surface area contributed by atoms with Gasteiger partial charge in [0.2, 0.25) is 15.9 Å². The summed E-state index contributed by atoms with van der Waals surface area (Å²) >= 11 is 0. The summed E-state index contributed by atoms with van der Waals surface area (Å²) in [4.78, 5) is 23.7. The summed E-state index contributed by atoms with van der Waals surface area (Å²) < 4.78 is 67.1. The van der Waals surface area contributed by atoms with Crippen LogP contribution in [-0.4, -0.2) is 37.3 Å². The summed E-state index contributed by atoms with van der Waals surface area (Å²) in [7, 11) is -4.18. The van der Waals surface area contributed by atoms with Crippen LogP contribution in [0.2, 0.25) is 0 Å². The maximum Gasteiger partial charge on any atom is 0.417 e. The van der Waals surface area contributed by atoms with E-state index in [1.807, 2.05) is 0 Å². The SMILES string of the molecule is CC(=O)Nc1ccc(S(=O)(=O)N(CC(=O)NN=Cc2ccccc2C(F)(F)F)Cc2ccccc2)cc1. The van der Waals surface area contributed by atoms with Crippen molar-refractivity contribution in [3.63, 3.8) is 0 Å². The molecule has 2 N–H and O–H groups in total. The van der Waals surface area contributed by atoms with E-state index in [4.69, 9.17) is 0 Å². The molecule has 0 aliphatic carbocycles. The molecule has 0 unspecified atom stereocenters. The molecule has 0 atom stereocenters. The number of benzene rings is 3. The van der Waals surface area contributed by atoms with Crippen LogP contribution < -0.4 is 10.7 Å². The monoisotopic (exact) mass is 532 g/mol. The van der Waals surface area contributed by atoms with Gasteiger partial charge >= 0.3 is 6.18 Å². The maximum absolute atomic E-state index is 13.4. The fourth-order valence-corrected chi connectivity index (χ4v) is 4.70. The zero-order chi connectivity index (χ0) is 27.1. The Morgan fingerprint density at radius 1 is 0.946 bits per heavy atom. The number of halogens is 3. The Kier molecular flexibility index (Phi) is 8.79. The van der Waals surface area contributed by atoms with Crippen LogP contribution in [0.1, 0.15) is 23.6 Å². The van der Waals surface area contributed by atoms with E-state index in [0.29, 0.717) is 11.3 Å². The number of rotatable bonds is 9. The molecule has 0 saturated carbocycles. The standard InChI is InChI=1S/C25H23F3N4O4S/c1-18(33)30-21-11-13-22(14-12-21)37(35,36)32(16-19-7-3-2-4-8-19)17-24(34)31-29-15-20-9-5-6-10-23(20)25(26,27)28/h2-15H,16-17H2,1H3,(H,30,33)(H,31,34). The predicted molar refractivity (Wildman–Crippen MR) is 132 cm³/mol. The van der Waals surface area contributed by atoms with Gasteiger partial charge in [0, 0.05) is 24.7 Å². The Morgan fingerprint density at radius 2 is 1.57 bits per heavy atom. The van der Waals surface area contributed by atoms with Crippen LogP contribution in [-0.2, 0) is 32.3 Å². The number of anilines is 1. The molecule has 0 fully saturated rings. The van der Waals surface area contributed by atoms with E-state index >= 15 is 0 Å². The van der Waals surface area contributed by atoms with Crippen molar-refractivity contribution >= 4 is 33.7 Å². The van der Waals surface area contributed by atoms with Crippen LogP contribution >= 0.6 is 0 Å². The fourth-order valence-electron chi connectivity index (χ4n) is 3.31. The van der Waals surface area contributed by atoms with Crippen molar-refractivity contribution < 1.29 is 31.2 Å². The first-order valence-corrected chi connectivity index (χ1v) is 12.3. The quantitative estimate of drug-likeness (QED) is 0.321. The van der Waals surface area contributed by atoms with Crippen LogP contribution in [0.3, 0.4) is 0 Å². The van der Waals surface area contributed by atoms with Crippen LogP contribution in [0.25, 0.3) is 0 Å². The van der Waals surface area contributed by atoms with Crippen molar-refractivity contribution in [1.82, 2.24) is 9.73 Å². The van der Waals surface area contributed by atoms with Gasteiger partial charge in [0.05, 0.1) is 23.2 Å². The number of amides is 2. The Morgan fingerprint density at radius 3 is 2.19 bits per heavy atom. The Balaban J connectivity index is 1.80. The normalized spacial score (nSPS) is 12.0. The lowest BCUT2D eigenvalue weighted by atomic mass is 10.1. The first kappa shape index (κ1) is 27.6. The highest BCUT2D eigenvalue weighted by molar-refractivity contribution is 7.89. The van der Waals surface area contributed by atoms with Crippen molar-refractivity contribution in [3.8, 4) is 0 Å². The third-order valence-corrected chi connectivity index (χ3v) is 6.80. The number of carbonyl (C=O) groups is 2. The zero-order valence-corrected chi connectivity index (χ0v) is 20.4. The Labute approximate surface area is 211 Å². The lowest BCUT2D eigenvalue weighted by molar-refractivity contribution is -0.137. The van der Waals surface area contributed by atoms with Crippen molar-refractivity contribution in [2.24, 2.45) is 5.10 Å². The number of alkyl halides is 3. The number of hydrogen-bond donors (Lipinski definition) is 2. The van der Waals surface area contributed by atoms with Gasteiger partial charge in [0.1, 0.15) is 0 Å². The second-order valence-corrected chi connectivity index (χ2v) is 9.78.